The van der Waals surface area contributed by atoms with E-state index in [1.807, 2.05) is 0 Å². The molecule has 2 aromatic rings. The highest BCUT2D eigenvalue weighted by Gasteiger charge is 2.31. The smallest absolute Gasteiger partial charge is 0.406 e. The number of benzene rings is 1. The average molecular weight is 405 g/mol. The lowest BCUT2D eigenvalue weighted by Gasteiger charge is -2.18. The molecule has 0 bridgehead atoms. The number of hydrogen-bond donors (Lipinski definition) is 0. The van der Waals surface area contributed by atoms with Crippen LogP contribution in [-0.4, -0.2) is 63.6 Å². The van der Waals surface area contributed by atoms with Crippen LogP contribution in [0.4, 0.5) is 18.0 Å². The van der Waals surface area contributed by atoms with Crippen LogP contribution in [-0.2, 0) is 4.74 Å². The molecule has 0 spiro atoms. The fourth-order valence-electron chi connectivity index (χ4n) is 2.09. The van der Waals surface area contributed by atoms with E-state index in [1.54, 1.807) is 13.8 Å². The number of aromatic nitrogens is 4. The third kappa shape index (κ3) is 5.70. The van der Waals surface area contributed by atoms with E-state index >= 15 is 0 Å². The highest BCUT2D eigenvalue weighted by molar-refractivity contribution is 5.67. The lowest BCUT2D eigenvalue weighted by atomic mass is 10.3. The van der Waals surface area contributed by atoms with E-state index in [0.717, 1.165) is 12.1 Å². The third-order valence-electron chi connectivity index (χ3n) is 3.37. The number of carbonyl (C=O) groups excluding carboxylic acids is 1. The van der Waals surface area contributed by atoms with Crippen molar-refractivity contribution in [2.45, 2.75) is 20.2 Å². The molecule has 28 heavy (non-hydrogen) atoms. The molecule has 0 unspecified atom stereocenters. The van der Waals surface area contributed by atoms with Gasteiger partial charge in [0, 0.05) is 25.8 Å². The zero-order valence-corrected chi connectivity index (χ0v) is 15.0. The molecule has 0 radical (unpaired) electrons. The normalized spacial score (nSPS) is 11.3. The van der Waals surface area contributed by atoms with Gasteiger partial charge in [0.25, 0.3) is 0 Å². The van der Waals surface area contributed by atoms with Crippen LogP contribution in [0.3, 0.4) is 0 Å². The molecule has 0 saturated heterocycles. The quantitative estimate of drug-likeness (QED) is 0.481. The van der Waals surface area contributed by atoms with E-state index in [4.69, 9.17) is 9.57 Å². The Kier molecular flexibility index (Phi) is 6.98. The molecule has 13 heteroatoms. The molecule has 0 aliphatic rings. The van der Waals surface area contributed by atoms with Crippen molar-refractivity contribution in [1.82, 2.24) is 24.9 Å². The van der Waals surface area contributed by atoms with Gasteiger partial charge in [-0.15, -0.1) is 13.2 Å². The number of likely N-dealkylation sites (N-methyl/N-ethyl adjacent to an activating group) is 1. The van der Waals surface area contributed by atoms with Crippen LogP contribution in [0, 0.1) is 0 Å². The fourth-order valence-corrected chi connectivity index (χ4v) is 2.09. The van der Waals surface area contributed by atoms with Crippen molar-refractivity contribution in [2.24, 2.45) is 0 Å². The predicted molar refractivity (Wildman–Crippen MR) is 88.0 cm³/mol. The first-order chi connectivity index (χ1) is 13.2. The lowest BCUT2D eigenvalue weighted by Crippen LogP contribution is -2.42. The first-order valence-corrected chi connectivity index (χ1v) is 8.21. The Labute approximate surface area is 156 Å². The van der Waals surface area contributed by atoms with E-state index in [2.05, 4.69) is 15.2 Å². The van der Waals surface area contributed by atoms with E-state index in [1.165, 1.54) is 17.0 Å². The van der Waals surface area contributed by atoms with Crippen LogP contribution < -0.4 is 15.3 Å². The summed E-state index contributed by atoms with van der Waals surface area (Å²) >= 11 is 0. The number of nitrogens with zero attached hydrogens (tertiary/aromatic N) is 5. The Morgan fingerprint density at radius 1 is 1.25 bits per heavy atom. The maximum absolute atomic E-state index is 12.3. The van der Waals surface area contributed by atoms with Crippen molar-refractivity contribution in [3.8, 4) is 11.4 Å². The third-order valence-corrected chi connectivity index (χ3v) is 3.37. The molecule has 0 N–H and O–H groups in total. The van der Waals surface area contributed by atoms with Gasteiger partial charge in [0.15, 0.2) is 0 Å². The van der Waals surface area contributed by atoms with Gasteiger partial charge in [-0.05, 0) is 41.3 Å². The van der Waals surface area contributed by atoms with Crippen LogP contribution >= 0.6 is 0 Å². The van der Waals surface area contributed by atoms with Crippen LogP contribution in [0.15, 0.2) is 29.1 Å². The minimum Gasteiger partial charge on any atom is -0.406 e. The van der Waals surface area contributed by atoms with Gasteiger partial charge in [0.2, 0.25) is 0 Å². The largest absolute Gasteiger partial charge is 0.573 e. The summed E-state index contributed by atoms with van der Waals surface area (Å²) in [6.45, 7) is 4.82. The zero-order chi connectivity index (χ0) is 20.7. The number of carbonyl (C=O) groups is 1. The predicted octanol–water partition coefficient (Wildman–Crippen LogP) is 1.23. The van der Waals surface area contributed by atoms with Gasteiger partial charge in [-0.2, -0.15) is 4.68 Å². The van der Waals surface area contributed by atoms with E-state index in [-0.39, 0.29) is 18.8 Å². The summed E-state index contributed by atoms with van der Waals surface area (Å²) < 4.78 is 46.6. The van der Waals surface area contributed by atoms with Gasteiger partial charge >= 0.3 is 18.1 Å². The van der Waals surface area contributed by atoms with Gasteiger partial charge in [-0.25, -0.2) is 9.59 Å². The topological polar surface area (TPSA) is 101 Å². The highest BCUT2D eigenvalue weighted by Crippen LogP contribution is 2.23. The van der Waals surface area contributed by atoms with Crippen LogP contribution in [0.2, 0.25) is 0 Å². The Morgan fingerprint density at radius 3 is 2.64 bits per heavy atom. The number of amides is 1. The Bertz CT molecular complexity index is 851. The average Bonchev–Trinajstić information content (AvgIpc) is 2.98. The number of alkyl halides is 3. The second kappa shape index (κ2) is 9.21. The van der Waals surface area contributed by atoms with Crippen LogP contribution in [0.1, 0.15) is 13.8 Å². The molecule has 1 amide bonds. The molecule has 2 rings (SSSR count). The first kappa shape index (κ1) is 21.2. The maximum Gasteiger partial charge on any atom is 0.573 e. The van der Waals surface area contributed by atoms with Crippen molar-refractivity contribution in [3.05, 3.63) is 34.7 Å². The molecule has 1 heterocycles. The van der Waals surface area contributed by atoms with E-state index < -0.39 is 23.9 Å². The summed E-state index contributed by atoms with van der Waals surface area (Å²) in [6, 6.07) is 4.55. The second-order valence-corrected chi connectivity index (χ2v) is 5.23. The minimum atomic E-state index is -4.89. The molecule has 0 atom stereocenters. The molecule has 10 nitrogen and oxygen atoms in total. The molecule has 1 aromatic heterocycles. The zero-order valence-electron chi connectivity index (χ0n) is 15.0. The standard InChI is InChI=1S/C15H18F3N5O5/c1-3-21(8-9-26-4-2)14(25)28-23-13(24)22(19-20-23)11-6-5-7-12(10-11)27-15(16,17)18/h5-7,10H,3-4,8-9H2,1-2H3. The summed E-state index contributed by atoms with van der Waals surface area (Å²) in [5.41, 5.74) is -1.05. The van der Waals surface area contributed by atoms with Gasteiger partial charge in [0.05, 0.1) is 12.3 Å². The monoisotopic (exact) mass is 405 g/mol. The van der Waals surface area contributed by atoms with Gasteiger partial charge in [-0.3, -0.25) is 4.84 Å². The molecule has 0 saturated carbocycles. The summed E-state index contributed by atoms with van der Waals surface area (Å²) in [4.78, 5) is 30.9. The SMILES string of the molecule is CCOCCN(CC)C(=O)On1nnn(-c2cccc(OC(F)(F)F)c2)c1=O. The Balaban J connectivity index is 2.14. The summed E-state index contributed by atoms with van der Waals surface area (Å²) in [7, 11) is 0. The summed E-state index contributed by atoms with van der Waals surface area (Å²) in [6.07, 6.45) is -5.74. The minimum absolute atomic E-state index is 0.0576. The van der Waals surface area contributed by atoms with Crippen molar-refractivity contribution < 1.29 is 32.3 Å². The molecular weight excluding hydrogens is 387 g/mol. The van der Waals surface area contributed by atoms with E-state index in [0.29, 0.717) is 22.7 Å². The fraction of sp³-hybridized carbons (Fsp3) is 0.467. The number of halogens is 3. The Hall–Kier alpha value is -3.09. The lowest BCUT2D eigenvalue weighted by molar-refractivity contribution is -0.274. The number of hydrogen-bond acceptors (Lipinski definition) is 7. The van der Waals surface area contributed by atoms with Gasteiger partial charge < -0.3 is 14.4 Å². The van der Waals surface area contributed by atoms with Crippen molar-refractivity contribution >= 4 is 6.09 Å². The van der Waals surface area contributed by atoms with Crippen LogP contribution in [0.5, 0.6) is 5.75 Å². The van der Waals surface area contributed by atoms with Gasteiger partial charge in [-0.1, -0.05) is 6.07 Å². The molecule has 1 aromatic carbocycles. The molecule has 0 fully saturated rings. The number of ether oxygens (including phenoxy) is 2. The molecular formula is C15H18F3N5O5. The molecule has 154 valence electrons. The number of tetrazole rings is 1. The summed E-state index contributed by atoms with van der Waals surface area (Å²) in [5.74, 6) is -0.545. The molecule has 0 aliphatic carbocycles. The first-order valence-electron chi connectivity index (χ1n) is 8.21. The summed E-state index contributed by atoms with van der Waals surface area (Å²) in [5, 5.41) is 6.90. The van der Waals surface area contributed by atoms with Crippen molar-refractivity contribution in [3.63, 3.8) is 0 Å². The van der Waals surface area contributed by atoms with Gasteiger partial charge in [0.1, 0.15) is 5.75 Å². The maximum atomic E-state index is 12.3. The highest BCUT2D eigenvalue weighted by atomic mass is 19.4. The Morgan fingerprint density at radius 2 is 2.00 bits per heavy atom. The second-order valence-electron chi connectivity index (χ2n) is 5.23. The number of rotatable bonds is 8. The molecule has 0 aliphatic heterocycles. The van der Waals surface area contributed by atoms with Crippen molar-refractivity contribution in [2.75, 3.05) is 26.3 Å². The van der Waals surface area contributed by atoms with E-state index in [9.17, 15) is 22.8 Å². The van der Waals surface area contributed by atoms with Crippen molar-refractivity contribution in [1.29, 1.82) is 0 Å². The van der Waals surface area contributed by atoms with Crippen LogP contribution in [0.25, 0.3) is 5.69 Å².